The van der Waals surface area contributed by atoms with Crippen LogP contribution in [0, 0.1) is 0 Å². The zero-order valence-electron chi connectivity index (χ0n) is 21.2. The van der Waals surface area contributed by atoms with E-state index in [0.717, 1.165) is 43.9 Å². The molecule has 2 atom stereocenters. The molecule has 4 rings (SSSR count). The Balaban J connectivity index is 1.67. The van der Waals surface area contributed by atoms with Crippen molar-refractivity contribution in [3.05, 3.63) is 26.5 Å². The minimum atomic E-state index is -1.20. The fourth-order valence-electron chi connectivity index (χ4n) is 4.98. The fraction of sp³-hybridized carbons (Fsp3) is 0.760. The molecule has 2 aliphatic rings. The summed E-state index contributed by atoms with van der Waals surface area (Å²) in [4.78, 5) is 20.9. The summed E-state index contributed by atoms with van der Waals surface area (Å²) in [6.07, 6.45) is 1.72. The lowest BCUT2D eigenvalue weighted by molar-refractivity contribution is -0.535. The van der Waals surface area contributed by atoms with Crippen LogP contribution in [0.2, 0.25) is 0 Å². The van der Waals surface area contributed by atoms with E-state index < -0.39 is 29.6 Å². The van der Waals surface area contributed by atoms with Crippen LogP contribution in [0.1, 0.15) is 101 Å². The third-order valence-electron chi connectivity index (χ3n) is 6.98. The molecule has 0 spiro atoms. The maximum absolute atomic E-state index is 13.6. The smallest absolute Gasteiger partial charge is 0.270 e. The van der Waals surface area contributed by atoms with Gasteiger partial charge in [0.25, 0.3) is 5.56 Å². The van der Waals surface area contributed by atoms with Gasteiger partial charge in [0.15, 0.2) is 5.13 Å². The van der Waals surface area contributed by atoms with Gasteiger partial charge < -0.3 is 19.8 Å². The van der Waals surface area contributed by atoms with Crippen LogP contribution >= 0.6 is 11.3 Å². The van der Waals surface area contributed by atoms with Gasteiger partial charge in [0.2, 0.25) is 5.88 Å². The Morgan fingerprint density at radius 2 is 1.82 bits per heavy atom. The van der Waals surface area contributed by atoms with Crippen molar-refractivity contribution in [2.75, 3.05) is 24.6 Å². The van der Waals surface area contributed by atoms with Gasteiger partial charge in [0.05, 0.1) is 17.0 Å². The van der Waals surface area contributed by atoms with Gasteiger partial charge in [-0.3, -0.25) is 9.89 Å². The Morgan fingerprint density at radius 3 is 2.38 bits per heavy atom. The van der Waals surface area contributed by atoms with Gasteiger partial charge in [-0.05, 0) is 57.8 Å². The van der Waals surface area contributed by atoms with Crippen LogP contribution in [-0.4, -0.2) is 46.7 Å². The van der Waals surface area contributed by atoms with Gasteiger partial charge in [-0.2, -0.15) is 4.98 Å². The predicted octanol–water partition coefficient (Wildman–Crippen LogP) is 2.63. The number of rotatable bonds is 8. The molecule has 1 aliphatic carbocycles. The van der Waals surface area contributed by atoms with E-state index in [-0.39, 0.29) is 11.5 Å². The SMILES string of the molecule is CCCCOc1nc(N2CCCC2)sc1C1C([O-])C(c2c(C(C)C)[nH]n(C(C)(C)C)c2=O)C1[O-]. The molecule has 2 fully saturated rings. The van der Waals surface area contributed by atoms with Crippen molar-refractivity contribution in [3.8, 4) is 5.88 Å². The highest BCUT2D eigenvalue weighted by atomic mass is 32.1. The van der Waals surface area contributed by atoms with Crippen molar-refractivity contribution in [1.82, 2.24) is 14.8 Å². The first-order valence-electron chi connectivity index (χ1n) is 12.6. The molecule has 8 nitrogen and oxygen atoms in total. The molecule has 2 aromatic heterocycles. The van der Waals surface area contributed by atoms with Crippen molar-refractivity contribution in [2.24, 2.45) is 0 Å². The fourth-order valence-corrected chi connectivity index (χ4v) is 6.21. The summed E-state index contributed by atoms with van der Waals surface area (Å²) in [5, 5.41) is 31.2. The number of anilines is 1. The third-order valence-corrected chi connectivity index (χ3v) is 8.18. The van der Waals surface area contributed by atoms with Crippen molar-refractivity contribution in [2.45, 2.75) is 103 Å². The average Bonchev–Trinajstić information content (AvgIpc) is 3.48. The molecule has 1 aliphatic heterocycles. The molecule has 0 amide bonds. The van der Waals surface area contributed by atoms with Crippen LogP contribution in [0.3, 0.4) is 0 Å². The first-order chi connectivity index (χ1) is 16.1. The maximum atomic E-state index is 13.6. The van der Waals surface area contributed by atoms with Gasteiger partial charge in [-0.1, -0.05) is 38.5 Å². The van der Waals surface area contributed by atoms with Crippen LogP contribution < -0.4 is 25.4 Å². The van der Waals surface area contributed by atoms with E-state index in [4.69, 9.17) is 9.72 Å². The molecule has 0 radical (unpaired) electrons. The lowest BCUT2D eigenvalue weighted by atomic mass is 9.65. The van der Waals surface area contributed by atoms with Crippen LogP contribution in [0.4, 0.5) is 5.13 Å². The van der Waals surface area contributed by atoms with Gasteiger partial charge in [0.1, 0.15) is 0 Å². The molecule has 0 aromatic carbocycles. The summed E-state index contributed by atoms with van der Waals surface area (Å²) in [5.74, 6) is -1.16. The number of thiazole rings is 1. The second kappa shape index (κ2) is 9.66. The Hall–Kier alpha value is -1.84. The normalized spacial score (nSPS) is 25.3. The van der Waals surface area contributed by atoms with Gasteiger partial charge >= 0.3 is 0 Å². The molecular weight excluding hydrogens is 452 g/mol. The molecule has 34 heavy (non-hydrogen) atoms. The molecule has 9 heteroatoms. The average molecular weight is 491 g/mol. The van der Waals surface area contributed by atoms with Crippen molar-refractivity contribution in [3.63, 3.8) is 0 Å². The van der Waals surface area contributed by atoms with E-state index in [9.17, 15) is 15.0 Å². The van der Waals surface area contributed by atoms with Crippen molar-refractivity contribution >= 4 is 16.5 Å². The molecule has 2 aromatic rings. The zero-order chi connectivity index (χ0) is 24.8. The molecule has 1 N–H and O–H groups in total. The monoisotopic (exact) mass is 490 g/mol. The Kier molecular flexibility index (Phi) is 7.18. The highest BCUT2D eigenvalue weighted by Gasteiger charge is 2.45. The first kappa shape index (κ1) is 25.3. The van der Waals surface area contributed by atoms with E-state index in [0.29, 0.717) is 28.6 Å². The number of nitrogens with zero attached hydrogens (tertiary/aromatic N) is 3. The van der Waals surface area contributed by atoms with E-state index in [2.05, 4.69) is 16.9 Å². The van der Waals surface area contributed by atoms with Gasteiger partial charge in [-0.15, -0.1) is 12.2 Å². The van der Waals surface area contributed by atoms with E-state index in [1.165, 1.54) is 11.3 Å². The summed E-state index contributed by atoms with van der Waals surface area (Å²) in [6.45, 7) is 14.2. The quantitative estimate of drug-likeness (QED) is 0.570. The van der Waals surface area contributed by atoms with Crippen LogP contribution in [0.15, 0.2) is 4.79 Å². The van der Waals surface area contributed by atoms with Gasteiger partial charge in [0, 0.05) is 24.3 Å². The van der Waals surface area contributed by atoms with Crippen LogP contribution in [-0.2, 0) is 5.54 Å². The van der Waals surface area contributed by atoms with Crippen LogP contribution in [0.5, 0.6) is 5.88 Å². The van der Waals surface area contributed by atoms with Crippen molar-refractivity contribution < 1.29 is 14.9 Å². The number of hydrogen-bond donors (Lipinski definition) is 1. The topological polar surface area (TPSA) is 109 Å². The number of hydrogen-bond acceptors (Lipinski definition) is 7. The highest BCUT2D eigenvalue weighted by Crippen LogP contribution is 2.51. The van der Waals surface area contributed by atoms with E-state index in [1.54, 1.807) is 4.68 Å². The molecule has 3 heterocycles. The van der Waals surface area contributed by atoms with E-state index >= 15 is 0 Å². The predicted molar refractivity (Wildman–Crippen MR) is 131 cm³/mol. The summed E-state index contributed by atoms with van der Waals surface area (Å²) in [7, 11) is 0. The van der Waals surface area contributed by atoms with Gasteiger partial charge in [-0.25, -0.2) is 4.68 Å². The number of H-pyrrole nitrogens is 1. The third kappa shape index (κ3) is 4.42. The molecular formula is C25H38N4O4S-2. The largest absolute Gasteiger partial charge is 0.851 e. The molecule has 190 valence electrons. The Bertz CT molecular complexity index is 1030. The number of ether oxygens (including phenoxy) is 1. The standard InChI is InChI=1S/C25H38N4O4S/c1-7-8-13-33-22-21(34-24(26-22)28-11-9-10-12-28)17-19(30)16(20(17)31)15-18(14(2)3)27-29(23(15)32)25(4,5)6/h14,16-17,19-20,27H,7-13H2,1-6H3/q-2. The van der Waals surface area contributed by atoms with Crippen LogP contribution in [0.25, 0.3) is 0 Å². The summed E-state index contributed by atoms with van der Waals surface area (Å²) in [6, 6.07) is 0. The summed E-state index contributed by atoms with van der Waals surface area (Å²) < 4.78 is 7.53. The lowest BCUT2D eigenvalue weighted by Crippen LogP contribution is -2.64. The second-order valence-corrected chi connectivity index (χ2v) is 12.0. The minimum Gasteiger partial charge on any atom is -0.851 e. The second-order valence-electron chi connectivity index (χ2n) is 10.9. The number of unbranched alkanes of at least 4 members (excludes halogenated alkanes) is 1. The Morgan fingerprint density at radius 1 is 1.18 bits per heavy atom. The highest BCUT2D eigenvalue weighted by molar-refractivity contribution is 7.16. The van der Waals surface area contributed by atoms with Crippen molar-refractivity contribution in [1.29, 1.82) is 0 Å². The summed E-state index contributed by atoms with van der Waals surface area (Å²) in [5.41, 5.74) is 0.356. The molecule has 1 saturated carbocycles. The number of aromatic amines is 1. The first-order valence-corrected chi connectivity index (χ1v) is 13.4. The Labute approximate surface area is 206 Å². The summed E-state index contributed by atoms with van der Waals surface area (Å²) >= 11 is 1.43. The molecule has 0 bridgehead atoms. The number of nitrogens with one attached hydrogen (secondary N) is 1. The maximum Gasteiger partial charge on any atom is 0.270 e. The molecule has 2 unspecified atom stereocenters. The minimum absolute atomic E-state index is 0.00265. The van der Waals surface area contributed by atoms with E-state index in [1.807, 2.05) is 34.6 Å². The molecule has 1 saturated heterocycles. The number of aromatic nitrogens is 3. The lowest BCUT2D eigenvalue weighted by Gasteiger charge is -2.60. The zero-order valence-corrected chi connectivity index (χ0v) is 22.0.